The first kappa shape index (κ1) is 22.3. The van der Waals surface area contributed by atoms with Crippen molar-refractivity contribution < 1.29 is 4.79 Å². The quantitative estimate of drug-likeness (QED) is 0.325. The van der Waals surface area contributed by atoms with Crippen LogP contribution in [-0.2, 0) is 13.1 Å². The fourth-order valence-electron chi connectivity index (χ4n) is 3.98. The lowest BCUT2D eigenvalue weighted by molar-refractivity contribution is 0.0966. The van der Waals surface area contributed by atoms with Crippen LogP contribution in [0.3, 0.4) is 0 Å². The number of thiophene rings is 1. The van der Waals surface area contributed by atoms with Crippen LogP contribution in [0.4, 0.5) is 0 Å². The van der Waals surface area contributed by atoms with Gasteiger partial charge in [0.15, 0.2) is 5.78 Å². The van der Waals surface area contributed by atoms with Crippen molar-refractivity contribution in [3.05, 3.63) is 103 Å². The SMILES string of the molecule is CC(C)c1ccc(Cn2c(=O)c3sccc3n3c(=O)n(CC(=O)c4ccccc4Cl)nc23)cc1. The number of carbonyl (C=O) groups is 1. The van der Waals surface area contributed by atoms with Crippen LogP contribution in [0.5, 0.6) is 0 Å². The molecule has 0 aliphatic carbocycles. The first-order chi connectivity index (χ1) is 16.3. The molecule has 0 atom stereocenters. The van der Waals surface area contributed by atoms with Gasteiger partial charge < -0.3 is 0 Å². The first-order valence-corrected chi connectivity index (χ1v) is 12.1. The van der Waals surface area contributed by atoms with Gasteiger partial charge in [-0.05, 0) is 40.6 Å². The van der Waals surface area contributed by atoms with Crippen LogP contribution in [0.15, 0.2) is 69.6 Å². The maximum absolute atomic E-state index is 13.3. The van der Waals surface area contributed by atoms with Crippen molar-refractivity contribution in [1.29, 1.82) is 0 Å². The highest BCUT2D eigenvalue weighted by molar-refractivity contribution is 7.17. The minimum Gasteiger partial charge on any atom is -0.292 e. The number of hydrogen-bond donors (Lipinski definition) is 0. The summed E-state index contributed by atoms with van der Waals surface area (Å²) in [6.07, 6.45) is 0. The van der Waals surface area contributed by atoms with Gasteiger partial charge in [-0.15, -0.1) is 16.4 Å². The molecule has 3 aromatic heterocycles. The van der Waals surface area contributed by atoms with Crippen molar-refractivity contribution in [2.75, 3.05) is 0 Å². The maximum atomic E-state index is 13.3. The summed E-state index contributed by atoms with van der Waals surface area (Å²) in [4.78, 5) is 39.5. The van der Waals surface area contributed by atoms with Crippen LogP contribution < -0.4 is 11.2 Å². The standard InChI is InChI=1S/C25H21ClN4O3S/c1-15(2)17-9-7-16(8-10-17)13-28-23(32)22-20(11-12-34-22)30-24(28)27-29(25(30)33)14-21(31)18-5-3-4-6-19(18)26/h3-12,15H,13-14H2,1-2H3. The molecule has 0 aliphatic heterocycles. The van der Waals surface area contributed by atoms with Gasteiger partial charge in [-0.1, -0.05) is 61.8 Å². The molecule has 0 saturated heterocycles. The second-order valence-corrected chi connectivity index (χ2v) is 9.72. The smallest absolute Gasteiger partial charge is 0.292 e. The summed E-state index contributed by atoms with van der Waals surface area (Å²) in [6.45, 7) is 4.21. The predicted octanol–water partition coefficient (Wildman–Crippen LogP) is 4.58. The Morgan fingerprint density at radius 2 is 1.79 bits per heavy atom. The molecule has 0 N–H and O–H groups in total. The number of nitrogens with zero attached hydrogens (tertiary/aromatic N) is 4. The molecule has 0 bridgehead atoms. The number of ketones is 1. The summed E-state index contributed by atoms with van der Waals surface area (Å²) in [5, 5.41) is 6.49. The molecule has 0 amide bonds. The van der Waals surface area contributed by atoms with E-state index in [-0.39, 0.29) is 30.2 Å². The monoisotopic (exact) mass is 492 g/mol. The summed E-state index contributed by atoms with van der Waals surface area (Å²) >= 11 is 7.43. The highest BCUT2D eigenvalue weighted by Gasteiger charge is 2.20. The Bertz CT molecular complexity index is 1660. The van der Waals surface area contributed by atoms with Crippen LogP contribution in [0.25, 0.3) is 16.0 Å². The number of carbonyl (C=O) groups excluding carboxylic acids is 1. The average molecular weight is 493 g/mol. The number of Topliss-reactive ketones (excluding diaryl/α,β-unsaturated/α-hetero) is 1. The Hall–Kier alpha value is -3.49. The van der Waals surface area contributed by atoms with E-state index in [2.05, 4.69) is 18.9 Å². The van der Waals surface area contributed by atoms with Crippen LogP contribution in [0.1, 0.15) is 41.3 Å². The minimum absolute atomic E-state index is 0.195. The lowest BCUT2D eigenvalue weighted by Gasteiger charge is -2.10. The first-order valence-electron chi connectivity index (χ1n) is 10.8. The highest BCUT2D eigenvalue weighted by Crippen LogP contribution is 2.20. The number of benzene rings is 2. The van der Waals surface area contributed by atoms with Crippen LogP contribution >= 0.6 is 22.9 Å². The molecule has 0 saturated carbocycles. The molecule has 5 aromatic rings. The number of aromatic nitrogens is 4. The molecular formula is C25H21ClN4O3S. The van der Waals surface area contributed by atoms with E-state index in [0.29, 0.717) is 26.7 Å². The van der Waals surface area contributed by atoms with Gasteiger partial charge in [0.1, 0.15) is 11.2 Å². The van der Waals surface area contributed by atoms with Gasteiger partial charge in [0.05, 0.1) is 17.1 Å². The second kappa shape index (κ2) is 8.70. The van der Waals surface area contributed by atoms with E-state index in [0.717, 1.165) is 10.2 Å². The van der Waals surface area contributed by atoms with Gasteiger partial charge in [0, 0.05) is 5.56 Å². The number of halogens is 1. The molecule has 34 heavy (non-hydrogen) atoms. The molecule has 0 unspecified atom stereocenters. The fourth-order valence-corrected chi connectivity index (χ4v) is 5.04. The van der Waals surface area contributed by atoms with Crippen molar-refractivity contribution >= 4 is 44.7 Å². The average Bonchev–Trinajstić information content (AvgIpc) is 3.42. The number of hydrogen-bond acceptors (Lipinski definition) is 5. The minimum atomic E-state index is -0.484. The lowest BCUT2D eigenvalue weighted by atomic mass is 10.0. The molecule has 0 fully saturated rings. The molecule has 3 heterocycles. The molecule has 0 aliphatic rings. The Kier molecular flexibility index (Phi) is 5.71. The van der Waals surface area contributed by atoms with Gasteiger partial charge in [0.25, 0.3) is 5.56 Å². The Morgan fingerprint density at radius 1 is 1.06 bits per heavy atom. The van der Waals surface area contributed by atoms with E-state index in [1.165, 1.54) is 25.9 Å². The molecule has 172 valence electrons. The molecule has 5 rings (SSSR count). The summed E-state index contributed by atoms with van der Waals surface area (Å²) in [7, 11) is 0. The summed E-state index contributed by atoms with van der Waals surface area (Å²) in [6, 6.07) is 16.4. The Morgan fingerprint density at radius 3 is 2.50 bits per heavy atom. The molecule has 0 radical (unpaired) electrons. The van der Waals surface area contributed by atoms with Gasteiger partial charge >= 0.3 is 5.69 Å². The van der Waals surface area contributed by atoms with Gasteiger partial charge in [-0.3, -0.25) is 14.2 Å². The van der Waals surface area contributed by atoms with E-state index in [9.17, 15) is 14.4 Å². The van der Waals surface area contributed by atoms with E-state index < -0.39 is 5.69 Å². The van der Waals surface area contributed by atoms with E-state index in [1.54, 1.807) is 35.7 Å². The van der Waals surface area contributed by atoms with Gasteiger partial charge in [-0.2, -0.15) is 0 Å². The largest absolute Gasteiger partial charge is 0.352 e. The summed E-state index contributed by atoms with van der Waals surface area (Å²) < 4.78 is 4.44. The zero-order valence-corrected chi connectivity index (χ0v) is 20.1. The lowest BCUT2D eigenvalue weighted by Crippen LogP contribution is -2.27. The molecule has 9 heteroatoms. The molecule has 0 spiro atoms. The predicted molar refractivity (Wildman–Crippen MR) is 135 cm³/mol. The van der Waals surface area contributed by atoms with Crippen LogP contribution in [-0.4, -0.2) is 24.5 Å². The Labute approximate surface area is 203 Å². The second-order valence-electron chi connectivity index (χ2n) is 8.40. The van der Waals surface area contributed by atoms with Crippen molar-refractivity contribution in [3.8, 4) is 0 Å². The van der Waals surface area contributed by atoms with E-state index >= 15 is 0 Å². The van der Waals surface area contributed by atoms with Crippen molar-refractivity contribution in [1.82, 2.24) is 18.7 Å². The molecule has 7 nitrogen and oxygen atoms in total. The third-order valence-electron chi connectivity index (χ3n) is 5.84. The van der Waals surface area contributed by atoms with Crippen molar-refractivity contribution in [2.45, 2.75) is 32.9 Å². The molecular weight excluding hydrogens is 472 g/mol. The Balaban J connectivity index is 1.63. The fraction of sp³-hybridized carbons (Fsp3) is 0.200. The van der Waals surface area contributed by atoms with Crippen LogP contribution in [0.2, 0.25) is 5.02 Å². The van der Waals surface area contributed by atoms with Crippen molar-refractivity contribution in [2.24, 2.45) is 0 Å². The number of rotatable bonds is 6. The molecule has 2 aromatic carbocycles. The normalized spacial score (nSPS) is 11.6. The third-order valence-corrected chi connectivity index (χ3v) is 7.06. The third kappa shape index (κ3) is 3.78. The zero-order valence-electron chi connectivity index (χ0n) is 18.6. The number of fused-ring (bicyclic) bond motifs is 3. The van der Waals surface area contributed by atoms with E-state index in [1.807, 2.05) is 24.3 Å². The highest BCUT2D eigenvalue weighted by atomic mass is 35.5. The zero-order chi connectivity index (χ0) is 24.0. The topological polar surface area (TPSA) is 78.4 Å². The summed E-state index contributed by atoms with van der Waals surface area (Å²) in [5.74, 6) is 0.257. The van der Waals surface area contributed by atoms with Gasteiger partial charge in [-0.25, -0.2) is 13.9 Å². The maximum Gasteiger partial charge on any atom is 0.352 e. The van der Waals surface area contributed by atoms with Gasteiger partial charge in [0.2, 0.25) is 5.78 Å². The van der Waals surface area contributed by atoms with E-state index in [4.69, 9.17) is 11.6 Å². The van der Waals surface area contributed by atoms with Crippen LogP contribution in [0, 0.1) is 0 Å². The van der Waals surface area contributed by atoms with Crippen molar-refractivity contribution in [3.63, 3.8) is 0 Å². The summed E-state index contributed by atoms with van der Waals surface area (Å²) in [5.41, 5.74) is 2.21.